The Bertz CT molecular complexity index is 258. The third-order valence-electron chi connectivity index (χ3n) is 2.41. The van der Waals surface area contributed by atoms with Gasteiger partial charge in [0.15, 0.2) is 0 Å². The minimum absolute atomic E-state index is 0.150. The molecule has 6 heteroatoms. The molecule has 3 amide bonds. The molecule has 3 N–H and O–H groups in total. The van der Waals surface area contributed by atoms with Gasteiger partial charge in [0.05, 0.1) is 19.8 Å². The van der Waals surface area contributed by atoms with E-state index in [1.807, 2.05) is 6.92 Å². The Kier molecular flexibility index (Phi) is 5.21. The van der Waals surface area contributed by atoms with E-state index in [-0.39, 0.29) is 18.0 Å². The van der Waals surface area contributed by atoms with Crippen LogP contribution in [0.3, 0.4) is 0 Å². The number of hydrogen-bond acceptors (Lipinski definition) is 4. The summed E-state index contributed by atoms with van der Waals surface area (Å²) < 4.78 is 5.14. The topological polar surface area (TPSA) is 84.7 Å². The normalized spacial score (nSPS) is 20.4. The van der Waals surface area contributed by atoms with Gasteiger partial charge in [-0.2, -0.15) is 0 Å². The Morgan fingerprint density at radius 2 is 2.19 bits per heavy atom. The highest BCUT2D eigenvalue weighted by Crippen LogP contribution is 2.10. The lowest BCUT2D eigenvalue weighted by Crippen LogP contribution is -2.34. The lowest BCUT2D eigenvalue weighted by atomic mass is 10.2. The van der Waals surface area contributed by atoms with Gasteiger partial charge in [-0.05, 0) is 6.42 Å². The van der Waals surface area contributed by atoms with Gasteiger partial charge >= 0.3 is 6.03 Å². The van der Waals surface area contributed by atoms with Crippen LogP contribution in [0.15, 0.2) is 0 Å². The largest absolute Gasteiger partial charge is 0.378 e. The molecule has 0 aromatic carbocycles. The first-order chi connectivity index (χ1) is 7.70. The predicted octanol–water partition coefficient (Wildman–Crippen LogP) is -0.318. The van der Waals surface area contributed by atoms with Gasteiger partial charge in [-0.3, -0.25) is 9.69 Å². The summed E-state index contributed by atoms with van der Waals surface area (Å²) in [6.07, 6.45) is 1.55. The van der Waals surface area contributed by atoms with Crippen LogP contribution in [0.2, 0.25) is 0 Å². The smallest absolute Gasteiger partial charge is 0.324 e. The van der Waals surface area contributed by atoms with Gasteiger partial charge in [0.1, 0.15) is 6.04 Å². The molecule has 0 bridgehead atoms. The molecule has 0 aromatic rings. The summed E-state index contributed by atoms with van der Waals surface area (Å²) >= 11 is 0. The molecule has 1 aliphatic heterocycles. The fourth-order valence-electron chi connectivity index (χ4n) is 1.61. The highest BCUT2D eigenvalue weighted by molar-refractivity contribution is 6.04. The number of nitrogens with one attached hydrogen (secondary N) is 1. The third-order valence-corrected chi connectivity index (χ3v) is 2.41. The monoisotopic (exact) mass is 229 g/mol. The summed E-state index contributed by atoms with van der Waals surface area (Å²) in [5.74, 6) is -0.150. The standard InChI is InChI=1S/C10H19N3O3/c1-2-3-8-9(14)13(10(15)12-8)5-7-16-6-4-11/h8H,2-7,11H2,1H3,(H,12,15). The van der Waals surface area contributed by atoms with Crippen LogP contribution >= 0.6 is 0 Å². The van der Waals surface area contributed by atoms with E-state index in [1.54, 1.807) is 0 Å². The van der Waals surface area contributed by atoms with E-state index in [0.717, 1.165) is 6.42 Å². The van der Waals surface area contributed by atoms with Crippen LogP contribution < -0.4 is 11.1 Å². The summed E-state index contributed by atoms with van der Waals surface area (Å²) in [6, 6.07) is -0.674. The Morgan fingerprint density at radius 1 is 1.44 bits per heavy atom. The maximum atomic E-state index is 11.7. The number of rotatable bonds is 7. The van der Waals surface area contributed by atoms with Gasteiger partial charge < -0.3 is 15.8 Å². The molecule has 0 aliphatic carbocycles. The lowest BCUT2D eigenvalue weighted by Gasteiger charge is -2.12. The van der Waals surface area contributed by atoms with Crippen LogP contribution in [-0.2, 0) is 9.53 Å². The minimum Gasteiger partial charge on any atom is -0.378 e. The average molecular weight is 229 g/mol. The van der Waals surface area contributed by atoms with Crippen LogP contribution in [0, 0.1) is 0 Å². The quantitative estimate of drug-likeness (QED) is 0.463. The molecule has 1 unspecified atom stereocenters. The number of carbonyl (C=O) groups excluding carboxylic acids is 2. The number of nitrogens with two attached hydrogens (primary N) is 1. The van der Waals surface area contributed by atoms with Crippen LogP contribution in [-0.4, -0.2) is 49.2 Å². The zero-order valence-electron chi connectivity index (χ0n) is 9.57. The summed E-state index contributed by atoms with van der Waals surface area (Å²) in [5, 5.41) is 2.65. The van der Waals surface area contributed by atoms with Gasteiger partial charge in [0.25, 0.3) is 5.91 Å². The summed E-state index contributed by atoms with van der Waals surface area (Å²) in [4.78, 5) is 24.4. The fourth-order valence-corrected chi connectivity index (χ4v) is 1.61. The van der Waals surface area contributed by atoms with E-state index in [2.05, 4.69) is 5.32 Å². The van der Waals surface area contributed by atoms with Crippen molar-refractivity contribution in [3.8, 4) is 0 Å². The molecule has 92 valence electrons. The molecule has 1 heterocycles. The molecule has 1 saturated heterocycles. The first kappa shape index (κ1) is 12.9. The summed E-state index contributed by atoms with van der Waals surface area (Å²) in [7, 11) is 0. The Labute approximate surface area is 95.1 Å². The molecule has 0 aromatic heterocycles. The third kappa shape index (κ3) is 3.18. The van der Waals surface area contributed by atoms with E-state index in [0.29, 0.717) is 32.7 Å². The van der Waals surface area contributed by atoms with Gasteiger partial charge in [0.2, 0.25) is 0 Å². The Morgan fingerprint density at radius 3 is 2.81 bits per heavy atom. The molecule has 6 nitrogen and oxygen atoms in total. The second kappa shape index (κ2) is 6.44. The molecule has 1 aliphatic rings. The average Bonchev–Trinajstić information content (AvgIpc) is 2.52. The van der Waals surface area contributed by atoms with Gasteiger partial charge in [-0.1, -0.05) is 13.3 Å². The lowest BCUT2D eigenvalue weighted by molar-refractivity contribution is -0.128. The van der Waals surface area contributed by atoms with E-state index >= 15 is 0 Å². The van der Waals surface area contributed by atoms with Crippen molar-refractivity contribution < 1.29 is 14.3 Å². The molecular weight excluding hydrogens is 210 g/mol. The van der Waals surface area contributed by atoms with Crippen molar-refractivity contribution in [1.29, 1.82) is 0 Å². The first-order valence-electron chi connectivity index (χ1n) is 5.60. The van der Waals surface area contributed by atoms with Crippen LogP contribution in [0.25, 0.3) is 0 Å². The predicted molar refractivity (Wildman–Crippen MR) is 58.8 cm³/mol. The number of nitrogens with zero attached hydrogens (tertiary/aromatic N) is 1. The fraction of sp³-hybridized carbons (Fsp3) is 0.800. The van der Waals surface area contributed by atoms with Crippen molar-refractivity contribution >= 4 is 11.9 Å². The minimum atomic E-state index is -0.355. The second-order valence-electron chi connectivity index (χ2n) is 3.68. The molecule has 0 radical (unpaired) electrons. The van der Waals surface area contributed by atoms with Crippen molar-refractivity contribution in [2.45, 2.75) is 25.8 Å². The van der Waals surface area contributed by atoms with E-state index in [1.165, 1.54) is 4.90 Å². The molecule has 0 saturated carbocycles. The van der Waals surface area contributed by atoms with Crippen LogP contribution in [0.5, 0.6) is 0 Å². The van der Waals surface area contributed by atoms with Crippen molar-refractivity contribution in [2.75, 3.05) is 26.3 Å². The maximum Gasteiger partial charge on any atom is 0.324 e. The van der Waals surface area contributed by atoms with Crippen molar-refractivity contribution in [3.05, 3.63) is 0 Å². The van der Waals surface area contributed by atoms with Gasteiger partial charge in [-0.15, -0.1) is 0 Å². The zero-order valence-corrected chi connectivity index (χ0v) is 9.57. The van der Waals surface area contributed by atoms with Gasteiger partial charge in [-0.25, -0.2) is 4.79 Å². The number of carbonyl (C=O) groups is 2. The zero-order chi connectivity index (χ0) is 12.0. The number of ether oxygens (including phenoxy) is 1. The van der Waals surface area contributed by atoms with Crippen LogP contribution in [0.4, 0.5) is 4.79 Å². The first-order valence-corrected chi connectivity index (χ1v) is 5.60. The molecule has 1 fully saturated rings. The second-order valence-corrected chi connectivity index (χ2v) is 3.68. The highest BCUT2D eigenvalue weighted by Gasteiger charge is 2.36. The number of urea groups is 1. The molecular formula is C10H19N3O3. The molecule has 1 rings (SSSR count). The summed E-state index contributed by atoms with van der Waals surface area (Å²) in [6.45, 7) is 3.51. The van der Waals surface area contributed by atoms with Crippen molar-refractivity contribution in [1.82, 2.24) is 10.2 Å². The maximum absolute atomic E-state index is 11.7. The van der Waals surface area contributed by atoms with Crippen molar-refractivity contribution in [3.63, 3.8) is 0 Å². The van der Waals surface area contributed by atoms with Crippen molar-refractivity contribution in [2.24, 2.45) is 5.73 Å². The van der Waals surface area contributed by atoms with E-state index in [4.69, 9.17) is 10.5 Å². The van der Waals surface area contributed by atoms with E-state index in [9.17, 15) is 9.59 Å². The number of hydrogen-bond donors (Lipinski definition) is 2. The molecule has 1 atom stereocenters. The van der Waals surface area contributed by atoms with Gasteiger partial charge in [0, 0.05) is 6.54 Å². The van der Waals surface area contributed by atoms with E-state index < -0.39 is 0 Å². The SMILES string of the molecule is CCCC1NC(=O)N(CCOCCN)C1=O. The Balaban J connectivity index is 2.36. The molecule has 16 heavy (non-hydrogen) atoms. The highest BCUT2D eigenvalue weighted by atomic mass is 16.5. The number of imide groups is 1. The van der Waals surface area contributed by atoms with Crippen LogP contribution in [0.1, 0.15) is 19.8 Å². The summed E-state index contributed by atoms with van der Waals surface area (Å²) in [5.41, 5.74) is 5.25. The number of amides is 3. The molecule has 0 spiro atoms. The Hall–Kier alpha value is -1.14.